The summed E-state index contributed by atoms with van der Waals surface area (Å²) in [5.74, 6) is 0. The Morgan fingerprint density at radius 3 is 2.33 bits per heavy atom. The molecule has 0 saturated heterocycles. The maximum absolute atomic E-state index is 6.21. The van der Waals surface area contributed by atoms with E-state index in [1.54, 1.807) is 0 Å². The molecular weight excluding hydrogens is 287 g/mol. The van der Waals surface area contributed by atoms with Gasteiger partial charge in [0.15, 0.2) is 0 Å². The summed E-state index contributed by atoms with van der Waals surface area (Å²) < 4.78 is 6.21. The molecule has 1 unspecified atom stereocenters. The summed E-state index contributed by atoms with van der Waals surface area (Å²) in [6.07, 6.45) is 1.81. The molecule has 0 bridgehead atoms. The number of nitrogens with zero attached hydrogens (tertiary/aromatic N) is 2. The molecule has 0 fully saturated rings. The Balaban J connectivity index is 0.00000220. The zero-order valence-electron chi connectivity index (χ0n) is 14.4. The molecule has 0 N–H and O–H groups in total. The van der Waals surface area contributed by atoms with Crippen molar-refractivity contribution in [3.63, 3.8) is 0 Å². The average Bonchev–Trinajstić information content (AvgIpc) is 2.48. The van der Waals surface area contributed by atoms with E-state index in [1.165, 1.54) is 0 Å². The van der Waals surface area contributed by atoms with Crippen molar-refractivity contribution in [1.82, 2.24) is 9.88 Å². The van der Waals surface area contributed by atoms with E-state index in [9.17, 15) is 0 Å². The molecule has 21 heavy (non-hydrogen) atoms. The van der Waals surface area contributed by atoms with Crippen LogP contribution in [0.3, 0.4) is 0 Å². The number of aromatic nitrogens is 1. The minimum Gasteiger partial charge on any atom is -1.00 e. The Kier molecular flexibility index (Phi) is 8.27. The molecule has 0 spiro atoms. The second-order valence-corrected chi connectivity index (χ2v) is 5.27. The van der Waals surface area contributed by atoms with Crippen LogP contribution >= 0.6 is 0 Å². The number of rotatable bonds is 6. The van der Waals surface area contributed by atoms with E-state index in [4.69, 9.17) is 4.74 Å². The van der Waals surface area contributed by atoms with Gasteiger partial charge in [0.25, 0.3) is 0 Å². The molecular formula is C17H23KN2O. The monoisotopic (exact) mass is 310 g/mol. The predicted molar refractivity (Wildman–Crippen MR) is 82.8 cm³/mol. The standard InChI is InChI=1S/C17H22N2O.K.H/c1-17(20-14-13-19(2)3,15-9-5-4-6-10-15)16-11-7-8-12-18-16;;/h4-12H,13-14H2,1-3H3;;/q;+1;-1. The predicted octanol–water partition coefficient (Wildman–Crippen LogP) is 0.0398. The fourth-order valence-corrected chi connectivity index (χ4v) is 2.14. The third-order valence-electron chi connectivity index (χ3n) is 3.41. The first-order valence-electron chi connectivity index (χ1n) is 6.88. The van der Waals surface area contributed by atoms with Crippen molar-refractivity contribution in [3.05, 3.63) is 66.0 Å². The number of ether oxygens (including phenoxy) is 1. The van der Waals surface area contributed by atoms with Gasteiger partial charge < -0.3 is 11.1 Å². The topological polar surface area (TPSA) is 25.4 Å². The molecule has 4 heteroatoms. The van der Waals surface area contributed by atoms with Gasteiger partial charge in [0.05, 0.1) is 12.3 Å². The first kappa shape index (κ1) is 19.0. The molecule has 0 saturated carbocycles. The smallest absolute Gasteiger partial charge is 1.00 e. The Bertz CT molecular complexity index is 483. The Morgan fingerprint density at radius 1 is 1.10 bits per heavy atom. The SMILES string of the molecule is CN(C)CCOC(C)(c1ccccc1)c1ccccn1.[H-].[K+]. The third-order valence-corrected chi connectivity index (χ3v) is 3.41. The van der Waals surface area contributed by atoms with Crippen molar-refractivity contribution < 1.29 is 57.5 Å². The van der Waals surface area contributed by atoms with Crippen molar-refractivity contribution in [2.24, 2.45) is 0 Å². The molecule has 108 valence electrons. The molecule has 3 nitrogen and oxygen atoms in total. The maximum atomic E-state index is 6.21. The first-order valence-corrected chi connectivity index (χ1v) is 6.88. The van der Waals surface area contributed by atoms with Gasteiger partial charge in [0, 0.05) is 12.7 Å². The Hall–Kier alpha value is -0.0736. The van der Waals surface area contributed by atoms with Gasteiger partial charge in [0.1, 0.15) is 5.60 Å². The molecule has 2 rings (SSSR count). The van der Waals surface area contributed by atoms with E-state index in [0.717, 1.165) is 17.8 Å². The zero-order chi connectivity index (χ0) is 14.4. The van der Waals surface area contributed by atoms with Gasteiger partial charge in [-0.25, -0.2) is 0 Å². The molecule has 1 aromatic heterocycles. The number of likely N-dealkylation sites (N-methyl/N-ethyl adjacent to an activating group) is 1. The van der Waals surface area contributed by atoms with Crippen LogP contribution < -0.4 is 51.4 Å². The van der Waals surface area contributed by atoms with Gasteiger partial charge in [-0.05, 0) is 38.7 Å². The quantitative estimate of drug-likeness (QED) is 0.705. The maximum Gasteiger partial charge on any atom is 1.00 e. The minimum atomic E-state index is -0.515. The van der Waals surface area contributed by atoms with Crippen molar-refractivity contribution in [3.8, 4) is 0 Å². The number of pyridine rings is 1. The number of hydrogen-bond donors (Lipinski definition) is 0. The summed E-state index contributed by atoms with van der Waals surface area (Å²) in [5, 5.41) is 0. The Labute approximate surface area is 171 Å². The Morgan fingerprint density at radius 2 is 1.76 bits per heavy atom. The van der Waals surface area contributed by atoms with Gasteiger partial charge in [0.2, 0.25) is 0 Å². The van der Waals surface area contributed by atoms with E-state index >= 15 is 0 Å². The molecule has 1 heterocycles. The van der Waals surface area contributed by atoms with Crippen molar-refractivity contribution in [2.75, 3.05) is 27.2 Å². The van der Waals surface area contributed by atoms with Crippen LogP contribution in [-0.4, -0.2) is 37.1 Å². The fourth-order valence-electron chi connectivity index (χ4n) is 2.14. The van der Waals surface area contributed by atoms with Crippen molar-refractivity contribution in [1.29, 1.82) is 0 Å². The van der Waals surface area contributed by atoms with Crippen LogP contribution in [0.4, 0.5) is 0 Å². The molecule has 0 aliphatic carbocycles. The van der Waals surface area contributed by atoms with Crippen molar-refractivity contribution >= 4 is 0 Å². The van der Waals surface area contributed by atoms with Crippen LogP contribution in [0.1, 0.15) is 19.6 Å². The second kappa shape index (κ2) is 9.15. The minimum absolute atomic E-state index is 0. The number of hydrogen-bond acceptors (Lipinski definition) is 3. The fraction of sp³-hybridized carbons (Fsp3) is 0.353. The summed E-state index contributed by atoms with van der Waals surface area (Å²) >= 11 is 0. The third kappa shape index (κ3) is 5.25. The van der Waals surface area contributed by atoms with Crippen molar-refractivity contribution in [2.45, 2.75) is 12.5 Å². The summed E-state index contributed by atoms with van der Waals surface area (Å²) in [6, 6.07) is 16.2. The second-order valence-electron chi connectivity index (χ2n) is 5.27. The van der Waals surface area contributed by atoms with E-state index in [-0.39, 0.29) is 52.8 Å². The summed E-state index contributed by atoms with van der Waals surface area (Å²) in [5.41, 5.74) is 1.54. The van der Waals surface area contributed by atoms with Crippen LogP contribution in [0.5, 0.6) is 0 Å². The largest absolute Gasteiger partial charge is 1.00 e. The van der Waals surface area contributed by atoms with Crippen LogP contribution in [0.2, 0.25) is 0 Å². The molecule has 2 aromatic rings. The normalized spacial score (nSPS) is 13.5. The van der Waals surface area contributed by atoms with Crippen LogP contribution in [-0.2, 0) is 10.3 Å². The van der Waals surface area contributed by atoms with E-state index < -0.39 is 5.60 Å². The van der Waals surface area contributed by atoms with Gasteiger partial charge in [-0.3, -0.25) is 4.98 Å². The van der Waals surface area contributed by atoms with Gasteiger partial charge in [-0.1, -0.05) is 36.4 Å². The number of benzene rings is 1. The van der Waals surface area contributed by atoms with E-state index in [1.807, 2.05) is 56.7 Å². The average molecular weight is 310 g/mol. The summed E-state index contributed by atoms with van der Waals surface area (Å²) in [7, 11) is 4.09. The van der Waals surface area contributed by atoms with Crippen LogP contribution in [0.15, 0.2) is 54.7 Å². The summed E-state index contributed by atoms with van der Waals surface area (Å²) in [4.78, 5) is 6.60. The van der Waals surface area contributed by atoms with Gasteiger partial charge in [-0.2, -0.15) is 0 Å². The van der Waals surface area contributed by atoms with Gasteiger partial charge >= 0.3 is 51.4 Å². The zero-order valence-corrected chi connectivity index (χ0v) is 16.5. The molecule has 0 aliphatic rings. The molecule has 0 radical (unpaired) electrons. The van der Waals surface area contributed by atoms with Gasteiger partial charge in [-0.15, -0.1) is 0 Å². The molecule has 0 amide bonds. The van der Waals surface area contributed by atoms with Crippen LogP contribution in [0, 0.1) is 0 Å². The molecule has 1 atom stereocenters. The molecule has 1 aromatic carbocycles. The van der Waals surface area contributed by atoms with E-state index in [2.05, 4.69) is 28.9 Å². The van der Waals surface area contributed by atoms with Crippen LogP contribution in [0.25, 0.3) is 0 Å². The summed E-state index contributed by atoms with van der Waals surface area (Å²) in [6.45, 7) is 3.63. The molecule has 0 aliphatic heterocycles. The van der Waals surface area contributed by atoms with E-state index in [0.29, 0.717) is 6.61 Å². The first-order chi connectivity index (χ1) is 9.63.